The molecule has 17 heavy (non-hydrogen) atoms. The van der Waals surface area contributed by atoms with Gasteiger partial charge in [-0.05, 0) is 25.5 Å². The number of benzene rings is 1. The van der Waals surface area contributed by atoms with Crippen molar-refractivity contribution in [3.63, 3.8) is 0 Å². The average molecular weight is 237 g/mol. The second kappa shape index (κ2) is 7.04. The Kier molecular flexibility index (Phi) is 5.66. The number of ether oxygens (including phenoxy) is 2. The first kappa shape index (κ1) is 13.7. The van der Waals surface area contributed by atoms with Crippen LogP contribution in [-0.2, 0) is 15.9 Å². The topological polar surface area (TPSA) is 61.5 Å². The van der Waals surface area contributed by atoms with Crippen molar-refractivity contribution in [2.75, 3.05) is 13.2 Å². The second-order valence-corrected chi connectivity index (χ2v) is 3.57. The summed E-state index contributed by atoms with van der Waals surface area (Å²) in [6.07, 6.45) is 0.200. The SMILES string of the molecule is CCOC(Cc1ccccc1C(N)=O)OCC. The van der Waals surface area contributed by atoms with Gasteiger partial charge in [-0.1, -0.05) is 18.2 Å². The predicted molar refractivity (Wildman–Crippen MR) is 65.7 cm³/mol. The van der Waals surface area contributed by atoms with Gasteiger partial charge in [0.15, 0.2) is 6.29 Å². The molecular weight excluding hydrogens is 218 g/mol. The summed E-state index contributed by atoms with van der Waals surface area (Å²) in [5.41, 5.74) is 6.70. The molecule has 1 aromatic rings. The lowest BCUT2D eigenvalue weighted by Crippen LogP contribution is -2.22. The highest BCUT2D eigenvalue weighted by atomic mass is 16.7. The smallest absolute Gasteiger partial charge is 0.248 e. The van der Waals surface area contributed by atoms with E-state index in [9.17, 15) is 4.79 Å². The third-order valence-corrected chi connectivity index (χ3v) is 2.37. The maximum absolute atomic E-state index is 11.3. The molecule has 1 amide bonds. The Balaban J connectivity index is 2.80. The zero-order valence-electron chi connectivity index (χ0n) is 10.3. The van der Waals surface area contributed by atoms with Gasteiger partial charge in [0.1, 0.15) is 0 Å². The fraction of sp³-hybridized carbons (Fsp3) is 0.462. The lowest BCUT2D eigenvalue weighted by atomic mass is 10.0. The molecule has 0 heterocycles. The lowest BCUT2D eigenvalue weighted by molar-refractivity contribution is -0.134. The zero-order valence-corrected chi connectivity index (χ0v) is 10.3. The van der Waals surface area contributed by atoms with E-state index in [-0.39, 0.29) is 6.29 Å². The lowest BCUT2D eigenvalue weighted by Gasteiger charge is -2.18. The van der Waals surface area contributed by atoms with Gasteiger partial charge >= 0.3 is 0 Å². The molecule has 0 aliphatic heterocycles. The van der Waals surface area contributed by atoms with Gasteiger partial charge in [0.2, 0.25) is 5.91 Å². The molecule has 0 unspecified atom stereocenters. The summed E-state index contributed by atoms with van der Waals surface area (Å²) in [5, 5.41) is 0. The van der Waals surface area contributed by atoms with Crippen molar-refractivity contribution >= 4 is 5.91 Å². The molecule has 0 aliphatic rings. The van der Waals surface area contributed by atoms with Gasteiger partial charge in [0, 0.05) is 25.2 Å². The van der Waals surface area contributed by atoms with E-state index in [0.717, 1.165) is 5.56 Å². The Labute approximate surface area is 102 Å². The first-order valence-corrected chi connectivity index (χ1v) is 5.79. The molecule has 0 atom stereocenters. The molecule has 1 aromatic carbocycles. The minimum absolute atomic E-state index is 0.328. The van der Waals surface area contributed by atoms with Gasteiger partial charge in [-0.3, -0.25) is 4.79 Å². The fourth-order valence-electron chi connectivity index (χ4n) is 1.66. The number of carbonyl (C=O) groups excluding carboxylic acids is 1. The van der Waals surface area contributed by atoms with Crippen LogP contribution in [0.15, 0.2) is 24.3 Å². The van der Waals surface area contributed by atoms with E-state index in [4.69, 9.17) is 15.2 Å². The van der Waals surface area contributed by atoms with Gasteiger partial charge < -0.3 is 15.2 Å². The third kappa shape index (κ3) is 4.17. The van der Waals surface area contributed by atoms with Crippen molar-refractivity contribution < 1.29 is 14.3 Å². The van der Waals surface area contributed by atoms with Crippen molar-refractivity contribution in [3.05, 3.63) is 35.4 Å². The fourth-order valence-corrected chi connectivity index (χ4v) is 1.66. The molecule has 0 spiro atoms. The van der Waals surface area contributed by atoms with E-state index in [1.54, 1.807) is 12.1 Å². The van der Waals surface area contributed by atoms with Gasteiger partial charge in [0.05, 0.1) is 0 Å². The summed E-state index contributed by atoms with van der Waals surface area (Å²) in [5.74, 6) is -0.424. The van der Waals surface area contributed by atoms with Gasteiger partial charge in [-0.25, -0.2) is 0 Å². The Bertz CT molecular complexity index is 359. The van der Waals surface area contributed by atoms with E-state index < -0.39 is 5.91 Å². The molecule has 4 nitrogen and oxygen atoms in total. The molecule has 0 aromatic heterocycles. The summed E-state index contributed by atoms with van der Waals surface area (Å²) in [6.45, 7) is 4.96. The summed E-state index contributed by atoms with van der Waals surface area (Å²) >= 11 is 0. The van der Waals surface area contributed by atoms with E-state index in [0.29, 0.717) is 25.2 Å². The minimum atomic E-state index is -0.424. The van der Waals surface area contributed by atoms with Crippen LogP contribution in [0.25, 0.3) is 0 Å². The maximum atomic E-state index is 11.3. The molecule has 0 aliphatic carbocycles. The Morgan fingerprint density at radius 3 is 2.35 bits per heavy atom. The predicted octanol–water partition coefficient (Wildman–Crippen LogP) is 1.73. The Morgan fingerprint density at radius 2 is 1.82 bits per heavy atom. The highest BCUT2D eigenvalue weighted by molar-refractivity contribution is 5.94. The molecule has 0 saturated carbocycles. The molecule has 0 fully saturated rings. The van der Waals surface area contributed by atoms with Crippen molar-refractivity contribution in [2.45, 2.75) is 26.6 Å². The van der Waals surface area contributed by atoms with Crippen molar-refractivity contribution in [3.8, 4) is 0 Å². The molecule has 4 heteroatoms. The monoisotopic (exact) mass is 237 g/mol. The molecule has 2 N–H and O–H groups in total. The normalized spacial score (nSPS) is 10.8. The highest BCUT2D eigenvalue weighted by Gasteiger charge is 2.14. The standard InChI is InChI=1S/C13H19NO3/c1-3-16-12(17-4-2)9-10-7-5-6-8-11(10)13(14)15/h5-8,12H,3-4,9H2,1-2H3,(H2,14,15). The van der Waals surface area contributed by atoms with Crippen LogP contribution in [0.5, 0.6) is 0 Å². The van der Waals surface area contributed by atoms with Crippen LogP contribution in [-0.4, -0.2) is 25.4 Å². The minimum Gasteiger partial charge on any atom is -0.366 e. The first-order chi connectivity index (χ1) is 8.19. The van der Waals surface area contributed by atoms with E-state index >= 15 is 0 Å². The quantitative estimate of drug-likeness (QED) is 0.734. The highest BCUT2D eigenvalue weighted by Crippen LogP contribution is 2.13. The summed E-state index contributed by atoms with van der Waals surface area (Å²) < 4.78 is 10.9. The van der Waals surface area contributed by atoms with E-state index in [2.05, 4.69) is 0 Å². The number of amides is 1. The Hall–Kier alpha value is -1.39. The van der Waals surface area contributed by atoms with Crippen LogP contribution in [0.4, 0.5) is 0 Å². The van der Waals surface area contributed by atoms with Gasteiger partial charge in [-0.2, -0.15) is 0 Å². The van der Waals surface area contributed by atoms with Crippen LogP contribution in [0.3, 0.4) is 0 Å². The van der Waals surface area contributed by atoms with Crippen molar-refractivity contribution in [1.29, 1.82) is 0 Å². The number of rotatable bonds is 7. The zero-order chi connectivity index (χ0) is 12.7. The molecule has 0 saturated heterocycles. The van der Waals surface area contributed by atoms with Crippen LogP contribution < -0.4 is 5.73 Å². The van der Waals surface area contributed by atoms with Crippen molar-refractivity contribution in [1.82, 2.24) is 0 Å². The summed E-state index contributed by atoms with van der Waals surface area (Å²) in [6, 6.07) is 7.24. The van der Waals surface area contributed by atoms with Crippen LogP contribution in [0.2, 0.25) is 0 Å². The largest absolute Gasteiger partial charge is 0.366 e. The van der Waals surface area contributed by atoms with Crippen LogP contribution in [0, 0.1) is 0 Å². The third-order valence-electron chi connectivity index (χ3n) is 2.37. The second-order valence-electron chi connectivity index (χ2n) is 3.57. The van der Waals surface area contributed by atoms with Gasteiger partial charge in [0.25, 0.3) is 0 Å². The molecule has 1 rings (SSSR count). The molecule has 94 valence electrons. The summed E-state index contributed by atoms with van der Waals surface area (Å²) in [4.78, 5) is 11.3. The first-order valence-electron chi connectivity index (χ1n) is 5.79. The number of primary amides is 1. The number of hydrogen-bond acceptors (Lipinski definition) is 3. The average Bonchev–Trinajstić information content (AvgIpc) is 2.30. The van der Waals surface area contributed by atoms with E-state index in [1.807, 2.05) is 26.0 Å². The number of hydrogen-bond donors (Lipinski definition) is 1. The van der Waals surface area contributed by atoms with Gasteiger partial charge in [-0.15, -0.1) is 0 Å². The van der Waals surface area contributed by atoms with Crippen LogP contribution >= 0.6 is 0 Å². The maximum Gasteiger partial charge on any atom is 0.248 e. The number of nitrogens with two attached hydrogens (primary N) is 1. The Morgan fingerprint density at radius 1 is 1.24 bits per heavy atom. The molecule has 0 radical (unpaired) electrons. The molecular formula is C13H19NO3. The number of carbonyl (C=O) groups is 1. The van der Waals surface area contributed by atoms with Crippen LogP contribution in [0.1, 0.15) is 29.8 Å². The summed E-state index contributed by atoms with van der Waals surface area (Å²) in [7, 11) is 0. The van der Waals surface area contributed by atoms with Crippen molar-refractivity contribution in [2.24, 2.45) is 5.73 Å². The van der Waals surface area contributed by atoms with E-state index in [1.165, 1.54) is 0 Å². The molecule has 0 bridgehead atoms.